The summed E-state index contributed by atoms with van der Waals surface area (Å²) in [7, 11) is 1.62. The van der Waals surface area contributed by atoms with Crippen LogP contribution in [0.1, 0.15) is 21.8 Å². The molecule has 1 aliphatic rings. The number of aromatic amines is 1. The molecular formula is C21H18N4O4. The Morgan fingerprint density at radius 3 is 2.79 bits per heavy atom. The van der Waals surface area contributed by atoms with Crippen LogP contribution in [0.25, 0.3) is 16.9 Å². The Morgan fingerprint density at radius 1 is 1.24 bits per heavy atom. The molecule has 29 heavy (non-hydrogen) atoms. The Hall–Kier alpha value is -3.81. The third kappa shape index (κ3) is 2.89. The molecule has 8 heteroatoms. The Morgan fingerprint density at radius 2 is 2.07 bits per heavy atom. The number of H-pyrrole nitrogens is 1. The highest BCUT2D eigenvalue weighted by atomic mass is 16.5. The minimum atomic E-state index is -0.226. The monoisotopic (exact) mass is 390 g/mol. The van der Waals surface area contributed by atoms with Crippen molar-refractivity contribution in [3.63, 3.8) is 0 Å². The van der Waals surface area contributed by atoms with Gasteiger partial charge in [0.25, 0.3) is 11.5 Å². The van der Waals surface area contributed by atoms with Crippen molar-refractivity contribution in [2.45, 2.75) is 13.0 Å². The van der Waals surface area contributed by atoms with Gasteiger partial charge < -0.3 is 14.1 Å². The summed E-state index contributed by atoms with van der Waals surface area (Å²) < 4.78 is 11.8. The highest BCUT2D eigenvalue weighted by Crippen LogP contribution is 2.23. The predicted octanol–water partition coefficient (Wildman–Crippen LogP) is 2.49. The van der Waals surface area contributed by atoms with Gasteiger partial charge in [0.1, 0.15) is 5.75 Å². The molecular weight excluding hydrogens is 372 g/mol. The minimum Gasteiger partial charge on any atom is -0.497 e. The molecule has 0 saturated carbocycles. The van der Waals surface area contributed by atoms with Crippen LogP contribution in [0, 0.1) is 0 Å². The van der Waals surface area contributed by atoms with Crippen molar-refractivity contribution < 1.29 is 13.9 Å². The molecule has 0 saturated heterocycles. The van der Waals surface area contributed by atoms with E-state index in [9.17, 15) is 9.59 Å². The van der Waals surface area contributed by atoms with E-state index in [1.54, 1.807) is 24.1 Å². The molecule has 0 spiro atoms. The van der Waals surface area contributed by atoms with Gasteiger partial charge in [0, 0.05) is 19.0 Å². The summed E-state index contributed by atoms with van der Waals surface area (Å²) in [6.45, 7) is 0.700. The molecule has 1 aromatic carbocycles. The van der Waals surface area contributed by atoms with Crippen LogP contribution in [0.2, 0.25) is 0 Å². The molecule has 0 radical (unpaired) electrons. The van der Waals surface area contributed by atoms with Crippen LogP contribution >= 0.6 is 0 Å². The van der Waals surface area contributed by atoms with Gasteiger partial charge in [-0.25, -0.2) is 9.50 Å². The first-order valence-corrected chi connectivity index (χ1v) is 9.25. The number of furan rings is 1. The Kier molecular flexibility index (Phi) is 3.97. The molecule has 0 bridgehead atoms. The lowest BCUT2D eigenvalue weighted by Gasteiger charge is -2.26. The minimum absolute atomic E-state index is 0.193. The number of carbonyl (C=O) groups is 1. The third-order valence-corrected chi connectivity index (χ3v) is 5.18. The molecule has 146 valence electrons. The summed E-state index contributed by atoms with van der Waals surface area (Å²) in [6.07, 6.45) is 1.99. The second kappa shape index (κ2) is 6.66. The van der Waals surface area contributed by atoms with E-state index >= 15 is 0 Å². The Balaban J connectivity index is 1.52. The molecule has 4 heterocycles. The van der Waals surface area contributed by atoms with Gasteiger partial charge in [0.15, 0.2) is 11.4 Å². The molecule has 3 aromatic heterocycles. The molecule has 0 fully saturated rings. The van der Waals surface area contributed by atoms with Crippen LogP contribution in [-0.4, -0.2) is 39.1 Å². The van der Waals surface area contributed by atoms with Gasteiger partial charge in [-0.1, -0.05) is 0 Å². The van der Waals surface area contributed by atoms with E-state index in [1.807, 2.05) is 30.3 Å². The molecule has 5 rings (SSSR count). The Bertz CT molecular complexity index is 1250. The number of nitrogens with one attached hydrogen (secondary N) is 1. The van der Waals surface area contributed by atoms with Crippen LogP contribution in [0.5, 0.6) is 5.75 Å². The summed E-state index contributed by atoms with van der Waals surface area (Å²) in [6, 6.07) is 12.7. The number of ether oxygens (including phenoxy) is 1. The SMILES string of the molecule is COc1ccc(-c2cc3nc4c(c(=O)n3[nH]2)CN(C(=O)c2ccco2)CC4)cc1. The molecule has 0 unspecified atom stereocenters. The number of rotatable bonds is 3. The van der Waals surface area contributed by atoms with E-state index in [1.165, 1.54) is 10.8 Å². The third-order valence-electron chi connectivity index (χ3n) is 5.18. The fraction of sp³-hybridized carbons (Fsp3) is 0.190. The summed E-state index contributed by atoms with van der Waals surface area (Å²) in [5.74, 6) is 0.803. The summed E-state index contributed by atoms with van der Waals surface area (Å²) >= 11 is 0. The maximum Gasteiger partial charge on any atom is 0.289 e. The van der Waals surface area contributed by atoms with Gasteiger partial charge in [-0.15, -0.1) is 0 Å². The van der Waals surface area contributed by atoms with Gasteiger partial charge in [-0.3, -0.25) is 14.7 Å². The number of fused-ring (bicyclic) bond motifs is 2. The number of nitrogens with zero attached hydrogens (tertiary/aromatic N) is 3. The van der Waals surface area contributed by atoms with Crippen molar-refractivity contribution in [1.29, 1.82) is 0 Å². The maximum atomic E-state index is 13.1. The van der Waals surface area contributed by atoms with E-state index in [0.29, 0.717) is 24.2 Å². The lowest BCUT2D eigenvalue weighted by atomic mass is 10.1. The Labute approximate surface area is 165 Å². The van der Waals surface area contributed by atoms with Crippen molar-refractivity contribution >= 4 is 11.6 Å². The standard InChI is InChI=1S/C21H18N4O4/c1-28-14-6-4-13(5-7-14)17-11-19-22-16-8-9-24(21(27)18-3-2-10-29-18)12-15(16)20(26)25(19)23-17/h2-7,10-11,23H,8-9,12H2,1H3. The first-order valence-electron chi connectivity index (χ1n) is 9.25. The van der Waals surface area contributed by atoms with E-state index in [0.717, 1.165) is 22.7 Å². The van der Waals surface area contributed by atoms with E-state index < -0.39 is 0 Å². The largest absolute Gasteiger partial charge is 0.497 e. The fourth-order valence-electron chi connectivity index (χ4n) is 3.63. The molecule has 1 N–H and O–H groups in total. The topological polar surface area (TPSA) is 92.8 Å². The number of methoxy groups -OCH3 is 1. The van der Waals surface area contributed by atoms with Crippen LogP contribution in [-0.2, 0) is 13.0 Å². The zero-order valence-corrected chi connectivity index (χ0v) is 15.7. The van der Waals surface area contributed by atoms with Gasteiger partial charge >= 0.3 is 0 Å². The molecule has 0 atom stereocenters. The van der Waals surface area contributed by atoms with Gasteiger partial charge in [-0.05, 0) is 42.0 Å². The van der Waals surface area contributed by atoms with Crippen LogP contribution < -0.4 is 10.3 Å². The first kappa shape index (κ1) is 17.3. The number of aromatic nitrogens is 3. The lowest BCUT2D eigenvalue weighted by Crippen LogP contribution is -2.40. The number of hydrogen-bond donors (Lipinski definition) is 1. The van der Waals surface area contributed by atoms with Crippen molar-refractivity contribution in [2.24, 2.45) is 0 Å². The molecule has 0 aliphatic carbocycles. The van der Waals surface area contributed by atoms with Crippen LogP contribution in [0.15, 0.2) is 57.9 Å². The smallest absolute Gasteiger partial charge is 0.289 e. The zero-order chi connectivity index (χ0) is 20.0. The maximum absolute atomic E-state index is 13.1. The van der Waals surface area contributed by atoms with Crippen LogP contribution in [0.4, 0.5) is 0 Å². The average Bonchev–Trinajstić information content (AvgIpc) is 3.44. The summed E-state index contributed by atoms with van der Waals surface area (Å²) in [5, 5.41) is 3.12. The summed E-state index contributed by atoms with van der Waals surface area (Å²) in [4.78, 5) is 31.9. The van der Waals surface area contributed by atoms with Crippen molar-refractivity contribution in [3.8, 4) is 17.0 Å². The number of benzene rings is 1. The highest BCUT2D eigenvalue weighted by molar-refractivity contribution is 5.91. The second-order valence-electron chi connectivity index (χ2n) is 6.89. The van der Waals surface area contributed by atoms with Gasteiger partial charge in [0.2, 0.25) is 0 Å². The first-order chi connectivity index (χ1) is 14.1. The highest BCUT2D eigenvalue weighted by Gasteiger charge is 2.27. The van der Waals surface area contributed by atoms with Crippen molar-refractivity contribution in [1.82, 2.24) is 19.5 Å². The molecule has 1 aliphatic heterocycles. The zero-order valence-electron chi connectivity index (χ0n) is 15.7. The molecule has 1 amide bonds. The lowest BCUT2D eigenvalue weighted by molar-refractivity contribution is 0.0700. The predicted molar refractivity (Wildman–Crippen MR) is 105 cm³/mol. The second-order valence-corrected chi connectivity index (χ2v) is 6.89. The summed E-state index contributed by atoms with van der Waals surface area (Å²) in [5.41, 5.74) is 3.33. The van der Waals surface area contributed by atoms with E-state index in [-0.39, 0.29) is 23.8 Å². The quantitative estimate of drug-likeness (QED) is 0.580. The molecule has 4 aromatic rings. The van der Waals surface area contributed by atoms with E-state index in [2.05, 4.69) is 10.1 Å². The van der Waals surface area contributed by atoms with Crippen LogP contribution in [0.3, 0.4) is 0 Å². The number of carbonyl (C=O) groups excluding carboxylic acids is 1. The van der Waals surface area contributed by atoms with Gasteiger partial charge in [-0.2, -0.15) is 0 Å². The fourth-order valence-corrected chi connectivity index (χ4v) is 3.63. The van der Waals surface area contributed by atoms with Crippen molar-refractivity contribution in [3.05, 3.63) is 76.1 Å². The van der Waals surface area contributed by atoms with Gasteiger partial charge in [0.05, 0.1) is 36.9 Å². The number of hydrogen-bond acceptors (Lipinski definition) is 5. The number of amides is 1. The normalized spacial score (nSPS) is 13.5. The van der Waals surface area contributed by atoms with E-state index in [4.69, 9.17) is 9.15 Å². The average molecular weight is 390 g/mol. The van der Waals surface area contributed by atoms with Crippen molar-refractivity contribution in [2.75, 3.05) is 13.7 Å². The molecule has 8 nitrogen and oxygen atoms in total.